The minimum absolute atomic E-state index is 0. The van der Waals surface area contributed by atoms with Crippen molar-refractivity contribution in [1.29, 1.82) is 0 Å². The molecule has 1 N–H and O–H groups in total. The van der Waals surface area contributed by atoms with Gasteiger partial charge in [0.25, 0.3) is 10.1 Å². The van der Waals surface area contributed by atoms with Crippen LogP contribution in [0.3, 0.4) is 0 Å². The van der Waals surface area contributed by atoms with Crippen molar-refractivity contribution in [1.82, 2.24) is 0 Å². The van der Waals surface area contributed by atoms with E-state index in [1.54, 1.807) is 0 Å². The molecule has 0 aliphatic rings. The zero-order chi connectivity index (χ0) is 9.19. The summed E-state index contributed by atoms with van der Waals surface area (Å²) in [4.78, 5) is 9.94. The molecule has 0 saturated heterocycles. The van der Waals surface area contributed by atoms with Crippen molar-refractivity contribution in [2.24, 2.45) is 0 Å². The van der Waals surface area contributed by atoms with E-state index in [1.807, 2.05) is 0 Å². The van der Waals surface area contributed by atoms with Gasteiger partial charge in [-0.05, 0) is 12.1 Å². The molecule has 0 bridgehead atoms. The summed E-state index contributed by atoms with van der Waals surface area (Å²) in [7, 11) is -4.14. The van der Waals surface area contributed by atoms with E-state index in [0.717, 1.165) is 0 Å². The van der Waals surface area contributed by atoms with Crippen molar-refractivity contribution in [2.45, 2.75) is 4.90 Å². The van der Waals surface area contributed by atoms with E-state index in [-0.39, 0.29) is 35.9 Å². The monoisotopic (exact) mass is 210 g/mol. The molecule has 0 unspecified atom stereocenters. The maximum Gasteiger partial charge on any atom is 1.00 e. The van der Waals surface area contributed by atoms with Gasteiger partial charge in [0.1, 0.15) is 6.29 Å². The molecule has 0 heterocycles. The Hall–Kier alpha value is -0.200. The second-order valence-corrected chi connectivity index (χ2v) is 3.58. The molecule has 66 valence electrons. The molecular formula is C7H7NaO4S. The Labute approximate surface area is 99.5 Å². The van der Waals surface area contributed by atoms with Crippen molar-refractivity contribution >= 4 is 16.4 Å². The third kappa shape index (κ3) is 3.58. The minimum atomic E-state index is -4.14. The smallest absolute Gasteiger partial charge is 1.00 e. The molecule has 0 radical (unpaired) electrons. The first kappa shape index (κ1) is 12.8. The van der Waals surface area contributed by atoms with Gasteiger partial charge in [0.2, 0.25) is 0 Å². The Morgan fingerprint density at radius 2 is 1.69 bits per heavy atom. The first-order valence-corrected chi connectivity index (χ1v) is 4.51. The molecule has 1 aromatic rings. The van der Waals surface area contributed by atoms with E-state index in [9.17, 15) is 13.2 Å². The standard InChI is InChI=1S/C7H6O4S.Na.H/c8-5-6-1-3-7(4-2-6)12(9,10)11;;/h1-5H,(H,9,10,11);;/q;+1;-1. The second kappa shape index (κ2) is 4.88. The number of hydrogen-bond acceptors (Lipinski definition) is 3. The number of hydrogen-bond donors (Lipinski definition) is 1. The number of carbonyl (C=O) groups is 1. The Kier molecular flexibility index (Phi) is 4.80. The molecule has 0 fully saturated rings. The largest absolute Gasteiger partial charge is 1.00 e. The van der Waals surface area contributed by atoms with Crippen molar-refractivity contribution < 1.29 is 48.7 Å². The Morgan fingerprint density at radius 1 is 1.23 bits per heavy atom. The summed E-state index contributed by atoms with van der Waals surface area (Å²) in [5.41, 5.74) is 0.363. The fourth-order valence-corrected chi connectivity index (χ4v) is 1.20. The van der Waals surface area contributed by atoms with Crippen LogP contribution in [0.4, 0.5) is 0 Å². The molecule has 0 atom stereocenters. The van der Waals surface area contributed by atoms with E-state index in [4.69, 9.17) is 4.55 Å². The summed E-state index contributed by atoms with van der Waals surface area (Å²) in [5, 5.41) is 0. The van der Waals surface area contributed by atoms with Crippen molar-refractivity contribution in [2.75, 3.05) is 0 Å². The van der Waals surface area contributed by atoms with Gasteiger partial charge in [-0.3, -0.25) is 9.35 Å². The molecule has 6 heteroatoms. The molecule has 0 aromatic heterocycles. The van der Waals surface area contributed by atoms with Gasteiger partial charge >= 0.3 is 29.6 Å². The predicted molar refractivity (Wildman–Crippen MR) is 42.8 cm³/mol. The van der Waals surface area contributed by atoms with Gasteiger partial charge in [-0.2, -0.15) is 8.42 Å². The number of rotatable bonds is 2. The van der Waals surface area contributed by atoms with Crippen LogP contribution in [0, 0.1) is 0 Å². The molecule has 0 spiro atoms. The van der Waals surface area contributed by atoms with Gasteiger partial charge < -0.3 is 1.43 Å². The zero-order valence-electron chi connectivity index (χ0n) is 7.97. The van der Waals surface area contributed by atoms with Gasteiger partial charge in [-0.1, -0.05) is 12.1 Å². The third-order valence-electron chi connectivity index (χ3n) is 1.31. The zero-order valence-corrected chi connectivity index (χ0v) is 9.78. The van der Waals surface area contributed by atoms with Crippen LogP contribution in [0.1, 0.15) is 11.8 Å². The molecule has 1 rings (SSSR count). The third-order valence-corrected chi connectivity index (χ3v) is 2.18. The number of benzene rings is 1. The van der Waals surface area contributed by atoms with Gasteiger partial charge in [-0.25, -0.2) is 0 Å². The molecule has 13 heavy (non-hydrogen) atoms. The first-order valence-electron chi connectivity index (χ1n) is 3.07. The number of carbonyl (C=O) groups excluding carboxylic acids is 1. The van der Waals surface area contributed by atoms with E-state index < -0.39 is 10.1 Å². The molecular weight excluding hydrogens is 203 g/mol. The molecule has 4 nitrogen and oxygen atoms in total. The first-order chi connectivity index (χ1) is 5.54. The Balaban J connectivity index is 0. The summed E-state index contributed by atoms with van der Waals surface area (Å²) in [6.45, 7) is 0. The second-order valence-electron chi connectivity index (χ2n) is 2.16. The average molecular weight is 210 g/mol. The average Bonchev–Trinajstić information content (AvgIpc) is 2.03. The van der Waals surface area contributed by atoms with Crippen LogP contribution in [0.15, 0.2) is 29.2 Å². The van der Waals surface area contributed by atoms with Gasteiger partial charge in [0.15, 0.2) is 0 Å². The topological polar surface area (TPSA) is 71.4 Å². The van der Waals surface area contributed by atoms with E-state index >= 15 is 0 Å². The molecule has 0 aliphatic heterocycles. The van der Waals surface area contributed by atoms with Crippen LogP contribution in [0.25, 0.3) is 0 Å². The molecule has 0 aliphatic carbocycles. The number of aldehydes is 1. The normalized spacial score (nSPS) is 10.2. The van der Waals surface area contributed by atoms with Crippen LogP contribution < -0.4 is 29.6 Å². The summed E-state index contributed by atoms with van der Waals surface area (Å²) in [6.07, 6.45) is 0.591. The van der Waals surface area contributed by atoms with E-state index in [2.05, 4.69) is 0 Å². The SMILES string of the molecule is O=Cc1ccc(S(=O)(=O)O)cc1.[H-].[Na+]. The van der Waals surface area contributed by atoms with Gasteiger partial charge in [-0.15, -0.1) is 0 Å². The van der Waals surface area contributed by atoms with Crippen LogP contribution in [0.2, 0.25) is 0 Å². The van der Waals surface area contributed by atoms with Crippen LogP contribution in [0.5, 0.6) is 0 Å². The Morgan fingerprint density at radius 3 is 2.00 bits per heavy atom. The summed E-state index contributed by atoms with van der Waals surface area (Å²) >= 11 is 0. The predicted octanol–water partition coefficient (Wildman–Crippen LogP) is -2.14. The van der Waals surface area contributed by atoms with Crippen LogP contribution in [-0.4, -0.2) is 19.3 Å². The summed E-state index contributed by atoms with van der Waals surface area (Å²) in [5.74, 6) is 0. The quantitative estimate of drug-likeness (QED) is 0.343. The molecule has 1 aromatic carbocycles. The molecule has 0 amide bonds. The van der Waals surface area contributed by atoms with Crippen LogP contribution >= 0.6 is 0 Å². The maximum absolute atomic E-state index is 10.5. The van der Waals surface area contributed by atoms with Gasteiger partial charge in [0.05, 0.1) is 4.90 Å². The van der Waals surface area contributed by atoms with Crippen molar-refractivity contribution in [3.05, 3.63) is 29.8 Å². The minimum Gasteiger partial charge on any atom is -1.00 e. The van der Waals surface area contributed by atoms with E-state index in [1.165, 1.54) is 24.3 Å². The maximum atomic E-state index is 10.5. The van der Waals surface area contributed by atoms with E-state index in [0.29, 0.717) is 11.8 Å². The van der Waals surface area contributed by atoms with Crippen LogP contribution in [-0.2, 0) is 10.1 Å². The Bertz CT molecular complexity index is 387. The van der Waals surface area contributed by atoms with Gasteiger partial charge in [0, 0.05) is 5.56 Å². The van der Waals surface area contributed by atoms with Crippen molar-refractivity contribution in [3.8, 4) is 0 Å². The summed E-state index contributed by atoms with van der Waals surface area (Å²) < 4.78 is 29.5. The fraction of sp³-hybridized carbons (Fsp3) is 0. The van der Waals surface area contributed by atoms with Crippen molar-refractivity contribution in [3.63, 3.8) is 0 Å². The summed E-state index contributed by atoms with van der Waals surface area (Å²) in [6, 6.07) is 4.96. The molecule has 0 saturated carbocycles. The fourth-order valence-electron chi connectivity index (χ4n) is 0.718.